The molecule has 0 aromatic heterocycles. The van der Waals surface area contributed by atoms with E-state index in [0.717, 1.165) is 41.8 Å². The van der Waals surface area contributed by atoms with Gasteiger partial charge in [-0.05, 0) is 79.0 Å². The van der Waals surface area contributed by atoms with Gasteiger partial charge in [-0.25, -0.2) is 10.3 Å². The summed E-state index contributed by atoms with van der Waals surface area (Å²) >= 11 is 0. The highest BCUT2D eigenvalue weighted by Crippen LogP contribution is 2.33. The third-order valence-corrected chi connectivity index (χ3v) is 7.44. The predicted molar refractivity (Wildman–Crippen MR) is 148 cm³/mol. The second-order valence-electron chi connectivity index (χ2n) is 11.6. The molecule has 1 aliphatic carbocycles. The number of oxime groups is 1. The molecule has 0 spiro atoms. The summed E-state index contributed by atoms with van der Waals surface area (Å²) in [4.78, 5) is 36.5. The fourth-order valence-corrected chi connectivity index (χ4v) is 5.22. The molecule has 1 fully saturated rings. The normalized spacial score (nSPS) is 20.1. The number of rotatable bonds is 8. The molecular formula is C30H36F3N3O6. The highest BCUT2D eigenvalue weighted by atomic mass is 19.4. The van der Waals surface area contributed by atoms with Gasteiger partial charge in [0.05, 0.1) is 17.4 Å². The first-order valence-electron chi connectivity index (χ1n) is 13.9. The van der Waals surface area contributed by atoms with Crippen LogP contribution in [0.2, 0.25) is 0 Å². The Bertz CT molecular complexity index is 1290. The maximum Gasteiger partial charge on any atom is 0.416 e. The minimum Gasteiger partial charge on any atom is -0.484 e. The molecular weight excluding hydrogens is 555 g/mol. The smallest absolute Gasteiger partial charge is 0.416 e. The number of carboxylic acid groups (broad SMARTS) is 1. The van der Waals surface area contributed by atoms with E-state index < -0.39 is 23.7 Å². The van der Waals surface area contributed by atoms with E-state index in [1.165, 1.54) is 17.0 Å². The highest BCUT2D eigenvalue weighted by molar-refractivity contribution is 6.02. The maximum atomic E-state index is 12.7. The number of piperidine rings is 1. The molecule has 2 aliphatic rings. The predicted octanol–water partition coefficient (Wildman–Crippen LogP) is 5.95. The minimum absolute atomic E-state index is 0.0465. The van der Waals surface area contributed by atoms with Crippen molar-refractivity contribution in [2.45, 2.75) is 77.8 Å². The molecule has 1 aliphatic heterocycles. The van der Waals surface area contributed by atoms with Crippen LogP contribution >= 0.6 is 0 Å². The number of hydroxylamine groups is 1. The zero-order chi connectivity index (χ0) is 30.5. The molecule has 12 heteroatoms. The van der Waals surface area contributed by atoms with Crippen molar-refractivity contribution in [1.82, 2.24) is 10.4 Å². The number of benzene rings is 2. The second kappa shape index (κ2) is 13.0. The number of hydrogen-bond acceptors (Lipinski definition) is 6. The minimum atomic E-state index is -4.38. The number of fused-ring (bicyclic) bond motifs is 1. The zero-order valence-corrected chi connectivity index (χ0v) is 23.9. The van der Waals surface area contributed by atoms with Crippen LogP contribution in [0, 0.1) is 5.41 Å². The van der Waals surface area contributed by atoms with Crippen molar-refractivity contribution in [3.63, 3.8) is 0 Å². The van der Waals surface area contributed by atoms with Crippen LogP contribution in [0.4, 0.5) is 18.0 Å². The Morgan fingerprint density at radius 1 is 1.10 bits per heavy atom. The van der Waals surface area contributed by atoms with E-state index in [1.54, 1.807) is 6.07 Å². The van der Waals surface area contributed by atoms with Gasteiger partial charge in [0.1, 0.15) is 12.4 Å². The monoisotopic (exact) mass is 591 g/mol. The molecule has 1 saturated heterocycles. The highest BCUT2D eigenvalue weighted by Gasteiger charge is 2.39. The Kier molecular flexibility index (Phi) is 9.65. The van der Waals surface area contributed by atoms with Crippen LogP contribution < -0.4 is 10.2 Å². The summed E-state index contributed by atoms with van der Waals surface area (Å²) in [6, 6.07) is 9.97. The first-order chi connectivity index (χ1) is 19.8. The zero-order valence-electron chi connectivity index (χ0n) is 23.9. The lowest BCUT2D eigenvalue weighted by Gasteiger charge is -2.44. The first kappa shape index (κ1) is 31.1. The van der Waals surface area contributed by atoms with Crippen molar-refractivity contribution in [3.8, 4) is 5.75 Å². The van der Waals surface area contributed by atoms with E-state index in [-0.39, 0.29) is 30.8 Å². The molecule has 228 valence electrons. The summed E-state index contributed by atoms with van der Waals surface area (Å²) in [6.07, 6.45) is -2.38. The molecule has 2 aromatic carbocycles. The largest absolute Gasteiger partial charge is 0.484 e. The van der Waals surface area contributed by atoms with Crippen molar-refractivity contribution in [2.24, 2.45) is 10.6 Å². The number of amides is 2. The Morgan fingerprint density at radius 3 is 2.50 bits per heavy atom. The average molecular weight is 592 g/mol. The van der Waals surface area contributed by atoms with Gasteiger partial charge in [0.15, 0.2) is 6.61 Å². The standard InChI is InChI=1S/C30H36F3N3O6/c1-29(2,3)26-16-23(13-14-36(26)28(38)39)42-35-27(37)18-40-22-11-12-24-20(15-22)5-4-6-25(24)34-41-17-19-7-9-21(10-8-19)30(31,32)33/h7-12,15,23,26H,4-6,13-14,16-18H2,1-3H3,(H,35,37)(H,38,39)/b34-25-. The molecule has 2 aromatic rings. The van der Waals surface area contributed by atoms with Gasteiger partial charge in [-0.2, -0.15) is 13.2 Å². The van der Waals surface area contributed by atoms with Crippen molar-refractivity contribution < 1.29 is 42.3 Å². The van der Waals surface area contributed by atoms with E-state index >= 15 is 0 Å². The number of carbonyl (C=O) groups excluding carboxylic acids is 1. The van der Waals surface area contributed by atoms with E-state index in [2.05, 4.69) is 10.6 Å². The summed E-state index contributed by atoms with van der Waals surface area (Å²) in [6.45, 7) is 6.05. The Balaban J connectivity index is 1.26. The van der Waals surface area contributed by atoms with E-state index in [0.29, 0.717) is 37.1 Å². The summed E-state index contributed by atoms with van der Waals surface area (Å²) in [7, 11) is 0. The van der Waals surface area contributed by atoms with Crippen LogP contribution in [-0.4, -0.2) is 53.0 Å². The van der Waals surface area contributed by atoms with Crippen molar-refractivity contribution in [1.29, 1.82) is 0 Å². The molecule has 9 nitrogen and oxygen atoms in total. The fourth-order valence-electron chi connectivity index (χ4n) is 5.22. The molecule has 0 saturated carbocycles. The summed E-state index contributed by atoms with van der Waals surface area (Å²) in [5.74, 6) is 0.0537. The molecule has 2 unspecified atom stereocenters. The van der Waals surface area contributed by atoms with E-state index in [1.807, 2.05) is 32.9 Å². The third-order valence-electron chi connectivity index (χ3n) is 7.44. The molecule has 2 N–H and O–H groups in total. The van der Waals surface area contributed by atoms with Gasteiger partial charge in [0.2, 0.25) is 0 Å². The van der Waals surface area contributed by atoms with Gasteiger partial charge in [-0.1, -0.05) is 38.1 Å². The van der Waals surface area contributed by atoms with Crippen molar-refractivity contribution in [3.05, 3.63) is 64.7 Å². The number of nitrogens with zero attached hydrogens (tertiary/aromatic N) is 2. The molecule has 2 atom stereocenters. The topological polar surface area (TPSA) is 110 Å². The number of nitrogens with one attached hydrogen (secondary N) is 1. The van der Waals surface area contributed by atoms with Crippen molar-refractivity contribution in [2.75, 3.05) is 13.2 Å². The number of alkyl halides is 3. The van der Waals surface area contributed by atoms with Gasteiger partial charge in [0, 0.05) is 18.2 Å². The second-order valence-corrected chi connectivity index (χ2v) is 11.6. The Morgan fingerprint density at radius 2 is 1.83 bits per heavy atom. The quantitative estimate of drug-likeness (QED) is 0.368. The van der Waals surface area contributed by atoms with Gasteiger partial charge < -0.3 is 19.6 Å². The SMILES string of the molecule is CC(C)(C)C1CC(ONC(=O)COc2ccc3c(c2)CCC/C3=N/OCc2ccc(C(F)(F)F)cc2)CCN1C(=O)O. The fraction of sp³-hybridized carbons (Fsp3) is 0.500. The van der Waals surface area contributed by atoms with Crippen LogP contribution in [0.25, 0.3) is 0 Å². The number of ether oxygens (including phenoxy) is 1. The van der Waals surface area contributed by atoms with Gasteiger partial charge in [0.25, 0.3) is 5.91 Å². The van der Waals surface area contributed by atoms with E-state index in [4.69, 9.17) is 14.4 Å². The van der Waals surface area contributed by atoms with Crippen LogP contribution in [-0.2, 0) is 33.7 Å². The maximum absolute atomic E-state index is 12.7. The number of aryl methyl sites for hydroxylation is 1. The Hall–Kier alpha value is -3.80. The van der Waals surface area contributed by atoms with E-state index in [9.17, 15) is 27.9 Å². The van der Waals surface area contributed by atoms with Crippen LogP contribution in [0.3, 0.4) is 0 Å². The number of halogens is 3. The summed E-state index contributed by atoms with van der Waals surface area (Å²) in [5, 5.41) is 13.7. The summed E-state index contributed by atoms with van der Waals surface area (Å²) < 4.78 is 43.9. The van der Waals surface area contributed by atoms with Gasteiger partial charge in [-0.3, -0.25) is 9.63 Å². The lowest BCUT2D eigenvalue weighted by Crippen LogP contribution is -2.54. The molecule has 0 bridgehead atoms. The summed E-state index contributed by atoms with van der Waals surface area (Å²) in [5.41, 5.74) is 4.65. The van der Waals surface area contributed by atoms with Gasteiger partial charge in [-0.15, -0.1) is 0 Å². The van der Waals surface area contributed by atoms with Crippen LogP contribution in [0.1, 0.15) is 68.7 Å². The number of carbonyl (C=O) groups is 2. The molecule has 2 amide bonds. The molecule has 1 heterocycles. The number of hydrogen-bond donors (Lipinski definition) is 2. The van der Waals surface area contributed by atoms with Crippen LogP contribution in [0.15, 0.2) is 47.6 Å². The Labute approximate surface area is 242 Å². The third kappa shape index (κ3) is 8.15. The molecule has 4 rings (SSSR count). The van der Waals surface area contributed by atoms with Gasteiger partial charge >= 0.3 is 12.3 Å². The number of likely N-dealkylation sites (tertiary alicyclic amines) is 1. The lowest BCUT2D eigenvalue weighted by molar-refractivity contribution is -0.145. The lowest BCUT2D eigenvalue weighted by atomic mass is 9.80. The average Bonchev–Trinajstić information content (AvgIpc) is 2.94. The first-order valence-corrected chi connectivity index (χ1v) is 13.9. The van der Waals surface area contributed by atoms with Crippen molar-refractivity contribution >= 4 is 17.7 Å². The van der Waals surface area contributed by atoms with Crippen LogP contribution in [0.5, 0.6) is 5.75 Å². The molecule has 42 heavy (non-hydrogen) atoms. The molecule has 0 radical (unpaired) electrons.